The van der Waals surface area contributed by atoms with E-state index in [0.29, 0.717) is 0 Å². The highest BCUT2D eigenvalue weighted by atomic mass is 32.1. The molecule has 2 N–H and O–H groups in total. The van der Waals surface area contributed by atoms with E-state index in [1.807, 2.05) is 17.5 Å². The SMILES string of the molecule is C[C@@H](NCC(=O)N[C@@H](c1ccc(F)cc1)c1cccs1)c1ccc(F)cc1F. The van der Waals surface area contributed by atoms with Gasteiger partial charge < -0.3 is 10.6 Å². The Morgan fingerprint density at radius 3 is 2.39 bits per heavy atom. The summed E-state index contributed by atoms with van der Waals surface area (Å²) in [4.78, 5) is 13.4. The van der Waals surface area contributed by atoms with Crippen LogP contribution in [0, 0.1) is 17.5 Å². The molecular formula is C21H19F3N2OS. The summed E-state index contributed by atoms with van der Waals surface area (Å²) in [6.45, 7) is 1.64. The molecule has 7 heteroatoms. The van der Waals surface area contributed by atoms with Crippen molar-refractivity contribution in [3.8, 4) is 0 Å². The van der Waals surface area contributed by atoms with Gasteiger partial charge in [0.25, 0.3) is 0 Å². The summed E-state index contributed by atoms with van der Waals surface area (Å²) in [5, 5.41) is 7.76. The fourth-order valence-corrected chi connectivity index (χ4v) is 3.65. The Morgan fingerprint density at radius 1 is 1.04 bits per heavy atom. The van der Waals surface area contributed by atoms with Gasteiger partial charge in [-0.15, -0.1) is 11.3 Å². The van der Waals surface area contributed by atoms with Gasteiger partial charge in [0.2, 0.25) is 5.91 Å². The Hall–Kier alpha value is -2.64. The summed E-state index contributed by atoms with van der Waals surface area (Å²) in [5.41, 5.74) is 1.04. The first kappa shape index (κ1) is 20.1. The summed E-state index contributed by atoms with van der Waals surface area (Å²) in [7, 11) is 0. The van der Waals surface area contributed by atoms with E-state index in [1.165, 1.54) is 35.6 Å². The molecule has 0 aliphatic carbocycles. The van der Waals surface area contributed by atoms with Crippen molar-refractivity contribution in [1.82, 2.24) is 10.6 Å². The summed E-state index contributed by atoms with van der Waals surface area (Å²) >= 11 is 1.48. The highest BCUT2D eigenvalue weighted by molar-refractivity contribution is 7.10. The first-order valence-corrected chi connectivity index (χ1v) is 9.58. The molecule has 0 aliphatic heterocycles. The van der Waals surface area contributed by atoms with E-state index < -0.39 is 23.7 Å². The van der Waals surface area contributed by atoms with Crippen LogP contribution in [0.4, 0.5) is 13.2 Å². The molecule has 0 saturated heterocycles. The molecule has 0 fully saturated rings. The number of hydrogen-bond acceptors (Lipinski definition) is 3. The molecule has 146 valence electrons. The number of carbonyl (C=O) groups excluding carboxylic acids is 1. The van der Waals surface area contributed by atoms with Crippen molar-refractivity contribution in [3.05, 3.63) is 93.4 Å². The molecule has 0 radical (unpaired) electrons. The molecular weight excluding hydrogens is 385 g/mol. The van der Waals surface area contributed by atoms with Gasteiger partial charge in [0.05, 0.1) is 12.6 Å². The van der Waals surface area contributed by atoms with Gasteiger partial charge in [0, 0.05) is 22.5 Å². The van der Waals surface area contributed by atoms with E-state index in [4.69, 9.17) is 0 Å². The molecule has 2 atom stereocenters. The smallest absolute Gasteiger partial charge is 0.234 e. The summed E-state index contributed by atoms with van der Waals surface area (Å²) in [6.07, 6.45) is 0. The molecule has 28 heavy (non-hydrogen) atoms. The Kier molecular flexibility index (Phi) is 6.49. The number of hydrogen-bond donors (Lipinski definition) is 2. The fourth-order valence-electron chi connectivity index (χ4n) is 2.85. The minimum absolute atomic E-state index is 0.0545. The molecule has 1 aromatic heterocycles. The molecule has 3 aromatic rings. The second kappa shape index (κ2) is 9.03. The molecule has 3 nitrogen and oxygen atoms in total. The zero-order chi connectivity index (χ0) is 20.1. The lowest BCUT2D eigenvalue weighted by Gasteiger charge is -2.20. The second-order valence-electron chi connectivity index (χ2n) is 6.34. The zero-order valence-corrected chi connectivity index (χ0v) is 15.9. The van der Waals surface area contributed by atoms with E-state index >= 15 is 0 Å². The first-order chi connectivity index (χ1) is 13.4. The summed E-state index contributed by atoms with van der Waals surface area (Å²) in [6, 6.07) is 12.2. The maximum atomic E-state index is 13.9. The topological polar surface area (TPSA) is 41.1 Å². The van der Waals surface area contributed by atoms with Crippen molar-refractivity contribution >= 4 is 17.2 Å². The number of benzene rings is 2. The van der Waals surface area contributed by atoms with Crippen LogP contribution in [0.15, 0.2) is 60.0 Å². The van der Waals surface area contributed by atoms with E-state index in [1.54, 1.807) is 19.1 Å². The van der Waals surface area contributed by atoms with Crippen LogP contribution in [0.3, 0.4) is 0 Å². The number of rotatable bonds is 7. The van der Waals surface area contributed by atoms with Crippen molar-refractivity contribution in [3.63, 3.8) is 0 Å². The summed E-state index contributed by atoms with van der Waals surface area (Å²) in [5.74, 6) is -1.96. The molecule has 0 bridgehead atoms. The maximum Gasteiger partial charge on any atom is 0.234 e. The van der Waals surface area contributed by atoms with Crippen LogP contribution in [-0.2, 0) is 4.79 Å². The van der Waals surface area contributed by atoms with Crippen LogP contribution in [0.25, 0.3) is 0 Å². The van der Waals surface area contributed by atoms with Gasteiger partial charge in [-0.3, -0.25) is 4.79 Å². The molecule has 1 amide bonds. The third kappa shape index (κ3) is 4.99. The van der Waals surface area contributed by atoms with Crippen molar-refractivity contribution in [1.29, 1.82) is 0 Å². The van der Waals surface area contributed by atoms with E-state index in [2.05, 4.69) is 10.6 Å². The quantitative estimate of drug-likeness (QED) is 0.598. The highest BCUT2D eigenvalue weighted by Gasteiger charge is 2.19. The zero-order valence-electron chi connectivity index (χ0n) is 15.1. The van der Waals surface area contributed by atoms with Gasteiger partial charge in [-0.25, -0.2) is 13.2 Å². The third-order valence-corrected chi connectivity index (χ3v) is 5.27. The number of halogens is 3. The molecule has 3 rings (SSSR count). The van der Waals surface area contributed by atoms with Crippen molar-refractivity contribution in [2.45, 2.75) is 19.0 Å². The largest absolute Gasteiger partial charge is 0.343 e. The average molecular weight is 404 g/mol. The predicted octanol–water partition coefficient (Wildman–Crippen LogP) is 4.72. The summed E-state index contributed by atoms with van der Waals surface area (Å²) < 4.78 is 40.1. The van der Waals surface area contributed by atoms with E-state index in [0.717, 1.165) is 16.5 Å². The number of nitrogens with one attached hydrogen (secondary N) is 2. The van der Waals surface area contributed by atoms with E-state index in [9.17, 15) is 18.0 Å². The fraction of sp³-hybridized carbons (Fsp3) is 0.190. The molecule has 1 heterocycles. The van der Waals surface area contributed by atoms with Gasteiger partial charge in [-0.2, -0.15) is 0 Å². The first-order valence-electron chi connectivity index (χ1n) is 8.70. The predicted molar refractivity (Wildman–Crippen MR) is 103 cm³/mol. The van der Waals surface area contributed by atoms with Gasteiger partial charge >= 0.3 is 0 Å². The van der Waals surface area contributed by atoms with Crippen LogP contribution in [0.1, 0.15) is 35.0 Å². The van der Waals surface area contributed by atoms with Crippen molar-refractivity contribution in [2.75, 3.05) is 6.54 Å². The van der Waals surface area contributed by atoms with Crippen molar-refractivity contribution < 1.29 is 18.0 Å². The molecule has 0 spiro atoms. The number of amides is 1. The maximum absolute atomic E-state index is 13.9. The van der Waals surface area contributed by atoms with Crippen LogP contribution in [-0.4, -0.2) is 12.5 Å². The van der Waals surface area contributed by atoms with Gasteiger partial charge in [-0.1, -0.05) is 24.3 Å². The van der Waals surface area contributed by atoms with Gasteiger partial charge in [0.1, 0.15) is 17.5 Å². The Balaban J connectivity index is 1.66. The molecule has 0 aliphatic rings. The lowest BCUT2D eigenvalue weighted by molar-refractivity contribution is -0.120. The van der Waals surface area contributed by atoms with Crippen LogP contribution in [0.5, 0.6) is 0 Å². The van der Waals surface area contributed by atoms with Gasteiger partial charge in [0.15, 0.2) is 0 Å². The molecule has 0 saturated carbocycles. The van der Waals surface area contributed by atoms with Crippen molar-refractivity contribution in [2.24, 2.45) is 0 Å². The highest BCUT2D eigenvalue weighted by Crippen LogP contribution is 2.26. The molecule has 0 unspecified atom stereocenters. The van der Waals surface area contributed by atoms with Crippen LogP contribution in [0.2, 0.25) is 0 Å². The standard InChI is InChI=1S/C21H19F3N2OS/c1-13(17-9-8-16(23)11-18(17)24)25-12-20(27)26-21(19-3-2-10-28-19)14-4-6-15(22)7-5-14/h2-11,13,21,25H,12H2,1H3,(H,26,27)/t13-,21+/m1/s1. The number of thiophene rings is 1. The van der Waals surface area contributed by atoms with Crippen LogP contribution >= 0.6 is 11.3 Å². The van der Waals surface area contributed by atoms with E-state index in [-0.39, 0.29) is 23.8 Å². The van der Waals surface area contributed by atoms with Crippen LogP contribution < -0.4 is 10.6 Å². The Bertz CT molecular complexity index is 929. The lowest BCUT2D eigenvalue weighted by atomic mass is 10.1. The van der Waals surface area contributed by atoms with Gasteiger partial charge in [-0.05, 0) is 42.1 Å². The Labute approximate surface area is 165 Å². The average Bonchev–Trinajstić information content (AvgIpc) is 3.19. The lowest BCUT2D eigenvalue weighted by Crippen LogP contribution is -2.37. The number of carbonyl (C=O) groups is 1. The Morgan fingerprint density at radius 2 is 1.75 bits per heavy atom. The monoisotopic (exact) mass is 404 g/mol. The third-order valence-electron chi connectivity index (χ3n) is 4.33. The minimum Gasteiger partial charge on any atom is -0.343 e. The normalized spacial score (nSPS) is 13.1. The minimum atomic E-state index is -0.664. The second-order valence-corrected chi connectivity index (χ2v) is 7.32. The molecule has 2 aromatic carbocycles.